The molecule has 1 fully saturated rings. The third-order valence-electron chi connectivity index (χ3n) is 3.65. The van der Waals surface area contributed by atoms with Gasteiger partial charge in [0.15, 0.2) is 0 Å². The van der Waals surface area contributed by atoms with Crippen molar-refractivity contribution in [2.45, 2.75) is 32.0 Å². The molecule has 1 aromatic heterocycles. The van der Waals surface area contributed by atoms with E-state index in [1.165, 1.54) is 5.56 Å². The molecule has 19 heavy (non-hydrogen) atoms. The highest BCUT2D eigenvalue weighted by molar-refractivity contribution is 5.83. The Labute approximate surface area is 114 Å². The largest absolute Gasteiger partial charge is 0.353 e. The zero-order valence-corrected chi connectivity index (χ0v) is 11.8. The molecule has 1 aromatic rings. The van der Waals surface area contributed by atoms with Crippen LogP contribution < -0.4 is 10.6 Å². The first-order valence-corrected chi connectivity index (χ1v) is 6.62. The van der Waals surface area contributed by atoms with E-state index in [9.17, 15) is 4.79 Å². The van der Waals surface area contributed by atoms with Gasteiger partial charge in [-0.05, 0) is 38.6 Å². The van der Waals surface area contributed by atoms with Crippen LogP contribution in [-0.2, 0) is 11.3 Å². The summed E-state index contributed by atoms with van der Waals surface area (Å²) in [5.41, 5.74) is 1.12. The molecule has 1 unspecified atom stereocenters. The Morgan fingerprint density at radius 3 is 2.79 bits per heavy atom. The molecule has 0 bridgehead atoms. The van der Waals surface area contributed by atoms with Gasteiger partial charge < -0.3 is 10.6 Å². The lowest BCUT2D eigenvalue weighted by Crippen LogP contribution is -2.67. The molecule has 0 aromatic carbocycles. The fraction of sp³-hybridized carbons (Fsp3) is 0.571. The lowest BCUT2D eigenvalue weighted by atomic mass is 9.94. The van der Waals surface area contributed by atoms with Crippen LogP contribution in [0.15, 0.2) is 24.5 Å². The van der Waals surface area contributed by atoms with Crippen molar-refractivity contribution in [1.29, 1.82) is 0 Å². The number of hydrogen-bond donors (Lipinski definition) is 2. The number of likely N-dealkylation sites (N-methyl/N-ethyl adjacent to an activating group) is 1. The highest BCUT2D eigenvalue weighted by Crippen LogP contribution is 2.23. The predicted molar refractivity (Wildman–Crippen MR) is 74.6 cm³/mol. The highest BCUT2D eigenvalue weighted by Gasteiger charge is 2.40. The Morgan fingerprint density at radius 2 is 2.16 bits per heavy atom. The van der Waals surface area contributed by atoms with Crippen LogP contribution in [0.3, 0.4) is 0 Å². The first kappa shape index (κ1) is 14.0. The van der Waals surface area contributed by atoms with Gasteiger partial charge in [0.25, 0.3) is 0 Å². The summed E-state index contributed by atoms with van der Waals surface area (Å²) in [6.45, 7) is 6.42. The molecule has 2 N–H and O–H groups in total. The molecule has 104 valence electrons. The Balaban J connectivity index is 2.22. The summed E-state index contributed by atoms with van der Waals surface area (Å²) >= 11 is 0. The predicted octanol–water partition coefficient (Wildman–Crippen LogP) is 0.380. The molecule has 2 rings (SSSR count). The van der Waals surface area contributed by atoms with Crippen LogP contribution >= 0.6 is 0 Å². The minimum Gasteiger partial charge on any atom is -0.353 e. The number of hydrogen-bond acceptors (Lipinski definition) is 4. The highest BCUT2D eigenvalue weighted by atomic mass is 16.2. The maximum Gasteiger partial charge on any atom is 0.238 e. The van der Waals surface area contributed by atoms with Crippen LogP contribution in [-0.4, -0.2) is 47.5 Å². The summed E-state index contributed by atoms with van der Waals surface area (Å²) in [6.07, 6.45) is 3.58. The van der Waals surface area contributed by atoms with Gasteiger partial charge in [-0.25, -0.2) is 0 Å². The molecule has 5 nitrogen and oxygen atoms in total. The zero-order valence-electron chi connectivity index (χ0n) is 11.8. The summed E-state index contributed by atoms with van der Waals surface area (Å²) in [7, 11) is 1.87. The van der Waals surface area contributed by atoms with E-state index in [4.69, 9.17) is 0 Å². The lowest BCUT2D eigenvalue weighted by Gasteiger charge is -2.47. The van der Waals surface area contributed by atoms with Crippen molar-refractivity contribution in [2.75, 3.05) is 20.1 Å². The van der Waals surface area contributed by atoms with E-state index in [1.54, 1.807) is 12.4 Å². The minimum atomic E-state index is -0.137. The van der Waals surface area contributed by atoms with Crippen molar-refractivity contribution in [2.24, 2.45) is 0 Å². The molecule has 0 aliphatic carbocycles. The van der Waals surface area contributed by atoms with E-state index in [2.05, 4.69) is 34.4 Å². The third kappa shape index (κ3) is 3.11. The first-order chi connectivity index (χ1) is 9.04. The van der Waals surface area contributed by atoms with E-state index >= 15 is 0 Å². The summed E-state index contributed by atoms with van der Waals surface area (Å²) in [4.78, 5) is 18.4. The standard InChI is InChI=1S/C14H22N4O/c1-14(2)10-17-13(19)12(8-15-3)18(14)9-11-4-6-16-7-5-11/h4-7,12,15H,8-10H2,1-3H3,(H,17,19). The Hall–Kier alpha value is -1.46. The van der Waals surface area contributed by atoms with Crippen LogP contribution in [0.4, 0.5) is 0 Å². The summed E-state index contributed by atoms with van der Waals surface area (Å²) < 4.78 is 0. The smallest absolute Gasteiger partial charge is 0.238 e. The molecular weight excluding hydrogens is 240 g/mol. The van der Waals surface area contributed by atoms with Crippen LogP contribution in [0, 0.1) is 0 Å². The maximum absolute atomic E-state index is 12.1. The average Bonchev–Trinajstić information content (AvgIpc) is 2.40. The van der Waals surface area contributed by atoms with E-state index in [-0.39, 0.29) is 17.5 Å². The fourth-order valence-corrected chi connectivity index (χ4v) is 2.49. The van der Waals surface area contributed by atoms with E-state index < -0.39 is 0 Å². The van der Waals surface area contributed by atoms with Gasteiger partial charge in [0.2, 0.25) is 5.91 Å². The minimum absolute atomic E-state index is 0.0568. The molecule has 1 amide bonds. The second-order valence-electron chi connectivity index (χ2n) is 5.59. The van der Waals surface area contributed by atoms with E-state index in [0.29, 0.717) is 13.1 Å². The maximum atomic E-state index is 12.1. The molecule has 1 aliphatic rings. The van der Waals surface area contributed by atoms with Gasteiger partial charge >= 0.3 is 0 Å². The zero-order chi connectivity index (χ0) is 13.9. The number of amides is 1. The number of pyridine rings is 1. The van der Waals surface area contributed by atoms with Crippen molar-refractivity contribution in [1.82, 2.24) is 20.5 Å². The van der Waals surface area contributed by atoms with Crippen molar-refractivity contribution in [3.63, 3.8) is 0 Å². The SMILES string of the molecule is CNCC1C(=O)NCC(C)(C)N1Cc1ccncc1. The monoisotopic (exact) mass is 262 g/mol. The Kier molecular flexibility index (Phi) is 4.17. The van der Waals surface area contributed by atoms with Gasteiger partial charge in [0.1, 0.15) is 6.04 Å². The first-order valence-electron chi connectivity index (χ1n) is 6.62. The Bertz CT molecular complexity index is 432. The van der Waals surface area contributed by atoms with Crippen LogP contribution in [0.25, 0.3) is 0 Å². The Morgan fingerprint density at radius 1 is 1.47 bits per heavy atom. The number of piperazine rings is 1. The van der Waals surface area contributed by atoms with Crippen molar-refractivity contribution in [3.8, 4) is 0 Å². The average molecular weight is 262 g/mol. The molecule has 1 aliphatic heterocycles. The number of carbonyl (C=O) groups is 1. The number of nitrogens with zero attached hydrogens (tertiary/aromatic N) is 2. The molecule has 5 heteroatoms. The molecule has 2 heterocycles. The van der Waals surface area contributed by atoms with Crippen LogP contribution in [0.1, 0.15) is 19.4 Å². The molecular formula is C14H22N4O. The number of nitrogens with one attached hydrogen (secondary N) is 2. The van der Waals surface area contributed by atoms with Gasteiger partial charge in [0.05, 0.1) is 0 Å². The summed E-state index contributed by atoms with van der Waals surface area (Å²) in [5, 5.41) is 6.10. The van der Waals surface area contributed by atoms with Crippen molar-refractivity contribution >= 4 is 5.91 Å². The number of carbonyl (C=O) groups excluding carboxylic acids is 1. The lowest BCUT2D eigenvalue weighted by molar-refractivity contribution is -0.134. The topological polar surface area (TPSA) is 57.3 Å². The molecule has 0 spiro atoms. The van der Waals surface area contributed by atoms with Gasteiger partial charge in [-0.2, -0.15) is 0 Å². The fourth-order valence-electron chi connectivity index (χ4n) is 2.49. The number of aromatic nitrogens is 1. The molecule has 0 radical (unpaired) electrons. The van der Waals surface area contributed by atoms with Crippen molar-refractivity contribution < 1.29 is 4.79 Å². The quantitative estimate of drug-likeness (QED) is 0.823. The van der Waals surface area contributed by atoms with Gasteiger partial charge in [0, 0.05) is 37.6 Å². The van der Waals surface area contributed by atoms with Gasteiger partial charge in [-0.15, -0.1) is 0 Å². The third-order valence-corrected chi connectivity index (χ3v) is 3.65. The number of rotatable bonds is 4. The normalized spacial score (nSPS) is 23.1. The molecule has 1 saturated heterocycles. The van der Waals surface area contributed by atoms with Gasteiger partial charge in [-0.3, -0.25) is 14.7 Å². The summed E-state index contributed by atoms with van der Waals surface area (Å²) in [6, 6.07) is 3.86. The van der Waals surface area contributed by atoms with Gasteiger partial charge in [-0.1, -0.05) is 0 Å². The second-order valence-corrected chi connectivity index (χ2v) is 5.59. The molecule has 0 saturated carbocycles. The summed E-state index contributed by atoms with van der Waals surface area (Å²) in [5.74, 6) is 0.0998. The van der Waals surface area contributed by atoms with Crippen LogP contribution in [0.5, 0.6) is 0 Å². The second kappa shape index (κ2) is 5.67. The van der Waals surface area contributed by atoms with Crippen molar-refractivity contribution in [3.05, 3.63) is 30.1 Å². The van der Waals surface area contributed by atoms with Crippen LogP contribution in [0.2, 0.25) is 0 Å². The molecule has 1 atom stereocenters. The van der Waals surface area contributed by atoms with E-state index in [0.717, 1.165) is 6.54 Å². The van der Waals surface area contributed by atoms with E-state index in [1.807, 2.05) is 19.2 Å².